The lowest BCUT2D eigenvalue weighted by molar-refractivity contribution is -0.149. The van der Waals surface area contributed by atoms with Crippen molar-refractivity contribution in [2.24, 2.45) is 0 Å². The van der Waals surface area contributed by atoms with Crippen LogP contribution in [0.3, 0.4) is 0 Å². The van der Waals surface area contributed by atoms with E-state index in [9.17, 15) is 9.90 Å². The second-order valence-electron chi connectivity index (χ2n) is 7.69. The molecular weight excluding hydrogens is 360 g/mol. The number of ether oxygens (including phenoxy) is 1. The van der Waals surface area contributed by atoms with E-state index in [1.807, 2.05) is 51.1 Å². The predicted molar refractivity (Wildman–Crippen MR) is 123 cm³/mol. The van der Waals surface area contributed by atoms with Gasteiger partial charge in [-0.15, -0.1) is 0 Å². The van der Waals surface area contributed by atoms with Gasteiger partial charge in [-0.05, 0) is 62.9 Å². The number of carbonyl (C=O) groups is 1. The highest BCUT2D eigenvalue weighted by Crippen LogP contribution is 2.11. The Kier molecular flexibility index (Phi) is 9.67. The van der Waals surface area contributed by atoms with E-state index in [-0.39, 0.29) is 5.97 Å². The number of phenolic OH excluding ortho intramolecular Hbond substituents is 1. The Morgan fingerprint density at radius 3 is 1.76 bits per heavy atom. The molecule has 0 bridgehead atoms. The molecule has 3 heteroatoms. The summed E-state index contributed by atoms with van der Waals surface area (Å²) >= 11 is 0. The van der Waals surface area contributed by atoms with Gasteiger partial charge in [0.1, 0.15) is 11.4 Å². The van der Waals surface area contributed by atoms with Gasteiger partial charge in [-0.1, -0.05) is 74.2 Å². The molecule has 154 valence electrons. The molecule has 0 fully saturated rings. The molecule has 29 heavy (non-hydrogen) atoms. The lowest BCUT2D eigenvalue weighted by Gasteiger charge is -2.19. The zero-order valence-corrected chi connectivity index (χ0v) is 18.1. The summed E-state index contributed by atoms with van der Waals surface area (Å²) in [6.45, 7) is 12.7. The molecule has 0 unspecified atom stereocenters. The molecule has 2 rings (SSSR count). The zero-order valence-electron chi connectivity index (χ0n) is 18.1. The van der Waals surface area contributed by atoms with Gasteiger partial charge in [0.25, 0.3) is 0 Å². The van der Waals surface area contributed by atoms with Gasteiger partial charge in [0.15, 0.2) is 0 Å². The minimum Gasteiger partial charge on any atom is -0.508 e. The van der Waals surface area contributed by atoms with E-state index >= 15 is 0 Å². The molecule has 0 spiro atoms. The molecule has 0 amide bonds. The van der Waals surface area contributed by atoms with Gasteiger partial charge in [-0.3, -0.25) is 0 Å². The summed E-state index contributed by atoms with van der Waals surface area (Å²) in [5, 5.41) is 9.18. The SMILES string of the molecule is C=C(C)C(=O)OC(C)(C)C.CCc1ccc(C=CC=Cc2ccc(O)cc2)cc1. The first kappa shape index (κ1) is 24.0. The highest BCUT2D eigenvalue weighted by molar-refractivity contribution is 5.87. The van der Waals surface area contributed by atoms with Crippen LogP contribution < -0.4 is 0 Å². The lowest BCUT2D eigenvalue weighted by atomic mass is 10.1. The number of phenols is 1. The molecule has 0 heterocycles. The van der Waals surface area contributed by atoms with Gasteiger partial charge in [0.05, 0.1) is 0 Å². The average Bonchev–Trinajstić information content (AvgIpc) is 2.66. The van der Waals surface area contributed by atoms with Gasteiger partial charge in [0.2, 0.25) is 0 Å². The Morgan fingerprint density at radius 1 is 0.966 bits per heavy atom. The van der Waals surface area contributed by atoms with E-state index in [4.69, 9.17) is 4.74 Å². The fourth-order valence-electron chi connectivity index (χ4n) is 2.15. The number of esters is 1. The second-order valence-corrected chi connectivity index (χ2v) is 7.69. The van der Waals surface area contributed by atoms with Gasteiger partial charge < -0.3 is 9.84 Å². The summed E-state index contributed by atoms with van der Waals surface area (Å²) in [7, 11) is 0. The fraction of sp³-hybridized carbons (Fsp3) is 0.269. The number of hydrogen-bond donors (Lipinski definition) is 1. The number of aryl methyl sites for hydroxylation is 1. The van der Waals surface area contributed by atoms with Gasteiger partial charge >= 0.3 is 5.97 Å². The van der Waals surface area contributed by atoms with Gasteiger partial charge in [0, 0.05) is 5.57 Å². The first-order chi connectivity index (χ1) is 13.6. The number of benzene rings is 2. The molecule has 1 N–H and O–H groups in total. The highest BCUT2D eigenvalue weighted by Gasteiger charge is 2.15. The maximum absolute atomic E-state index is 10.8. The smallest absolute Gasteiger partial charge is 0.333 e. The third kappa shape index (κ3) is 10.7. The Balaban J connectivity index is 0.000000359. The number of hydrogen-bond acceptors (Lipinski definition) is 3. The van der Waals surface area contributed by atoms with E-state index < -0.39 is 5.60 Å². The molecule has 0 saturated carbocycles. The Bertz CT molecular complexity index is 833. The molecule has 2 aromatic rings. The fourth-order valence-corrected chi connectivity index (χ4v) is 2.15. The van der Waals surface area contributed by atoms with Crippen molar-refractivity contribution in [2.45, 2.75) is 46.6 Å². The standard InChI is InChI=1S/C18H18O.C8H14O2/c1-2-15-7-9-16(10-8-15)5-3-4-6-17-11-13-18(19)14-12-17;1-6(2)7(9)10-8(3,4)5/h3-14,19H,2H2,1H3;1H2,2-5H3. The van der Waals surface area contributed by atoms with Crippen molar-refractivity contribution < 1.29 is 14.6 Å². The third-order valence-corrected chi connectivity index (χ3v) is 3.72. The Labute approximate surface area is 175 Å². The number of rotatable bonds is 5. The third-order valence-electron chi connectivity index (χ3n) is 3.72. The van der Waals surface area contributed by atoms with E-state index in [2.05, 4.69) is 43.8 Å². The molecule has 0 atom stereocenters. The molecule has 0 saturated heterocycles. The largest absolute Gasteiger partial charge is 0.508 e. The van der Waals surface area contributed by atoms with E-state index in [1.165, 1.54) is 11.1 Å². The van der Waals surface area contributed by atoms with Crippen LogP contribution in [0, 0.1) is 0 Å². The molecule has 0 aliphatic heterocycles. The van der Waals surface area contributed by atoms with Crippen molar-refractivity contribution in [1.82, 2.24) is 0 Å². The minimum atomic E-state index is -0.407. The van der Waals surface area contributed by atoms with Crippen molar-refractivity contribution in [2.75, 3.05) is 0 Å². The lowest BCUT2D eigenvalue weighted by Crippen LogP contribution is -2.23. The summed E-state index contributed by atoms with van der Waals surface area (Å²) in [5.41, 5.74) is 3.67. The Hall–Kier alpha value is -3.07. The Morgan fingerprint density at radius 2 is 1.41 bits per heavy atom. The summed E-state index contributed by atoms with van der Waals surface area (Å²) < 4.78 is 4.96. The van der Waals surface area contributed by atoms with Crippen molar-refractivity contribution in [3.05, 3.63) is 89.5 Å². The normalized spacial score (nSPS) is 11.2. The van der Waals surface area contributed by atoms with Crippen molar-refractivity contribution >= 4 is 18.1 Å². The summed E-state index contributed by atoms with van der Waals surface area (Å²) in [5.74, 6) is -0.0313. The molecular formula is C26H32O3. The average molecular weight is 393 g/mol. The van der Waals surface area contributed by atoms with Crippen molar-refractivity contribution in [1.29, 1.82) is 0 Å². The maximum Gasteiger partial charge on any atom is 0.333 e. The van der Waals surface area contributed by atoms with Crippen LogP contribution in [0.15, 0.2) is 72.8 Å². The van der Waals surface area contributed by atoms with Crippen LogP contribution in [0.2, 0.25) is 0 Å². The summed E-state index contributed by atoms with van der Waals surface area (Å²) in [6.07, 6.45) is 9.19. The first-order valence-corrected chi connectivity index (χ1v) is 9.72. The van der Waals surface area contributed by atoms with E-state index in [0.29, 0.717) is 11.3 Å². The van der Waals surface area contributed by atoms with Crippen LogP contribution in [0.5, 0.6) is 5.75 Å². The molecule has 0 aliphatic rings. The number of aromatic hydroxyl groups is 1. The second kappa shape index (κ2) is 11.7. The van der Waals surface area contributed by atoms with Crippen LogP contribution in [-0.4, -0.2) is 16.7 Å². The van der Waals surface area contributed by atoms with Gasteiger partial charge in [-0.2, -0.15) is 0 Å². The number of carbonyl (C=O) groups excluding carboxylic acids is 1. The maximum atomic E-state index is 10.8. The monoisotopic (exact) mass is 392 g/mol. The summed E-state index contributed by atoms with van der Waals surface area (Å²) in [4.78, 5) is 10.8. The van der Waals surface area contributed by atoms with Crippen LogP contribution in [0.4, 0.5) is 0 Å². The van der Waals surface area contributed by atoms with Crippen molar-refractivity contribution in [3.63, 3.8) is 0 Å². The van der Waals surface area contributed by atoms with Crippen LogP contribution in [-0.2, 0) is 16.0 Å². The van der Waals surface area contributed by atoms with Gasteiger partial charge in [-0.25, -0.2) is 4.79 Å². The molecule has 0 aliphatic carbocycles. The molecule has 3 nitrogen and oxygen atoms in total. The summed E-state index contributed by atoms with van der Waals surface area (Å²) in [6, 6.07) is 15.7. The number of allylic oxidation sites excluding steroid dienone is 2. The van der Waals surface area contributed by atoms with Crippen LogP contribution in [0.25, 0.3) is 12.2 Å². The van der Waals surface area contributed by atoms with E-state index in [1.54, 1.807) is 19.1 Å². The van der Waals surface area contributed by atoms with Crippen LogP contribution in [0.1, 0.15) is 51.3 Å². The predicted octanol–water partition coefficient (Wildman–Crippen LogP) is 6.59. The highest BCUT2D eigenvalue weighted by atomic mass is 16.6. The molecule has 0 aromatic heterocycles. The topological polar surface area (TPSA) is 46.5 Å². The van der Waals surface area contributed by atoms with E-state index in [0.717, 1.165) is 12.0 Å². The minimum absolute atomic E-state index is 0.295. The van der Waals surface area contributed by atoms with Crippen LogP contribution >= 0.6 is 0 Å². The zero-order chi connectivity index (χ0) is 21.9. The first-order valence-electron chi connectivity index (χ1n) is 9.72. The molecule has 2 aromatic carbocycles. The van der Waals surface area contributed by atoms with Crippen molar-refractivity contribution in [3.8, 4) is 5.75 Å². The quantitative estimate of drug-likeness (QED) is 0.355. The molecule has 0 radical (unpaired) electrons.